The molecule has 2 atom stereocenters. The maximum atomic E-state index is 13.1. The van der Waals surface area contributed by atoms with E-state index in [1.807, 2.05) is 41.5 Å². The van der Waals surface area contributed by atoms with Gasteiger partial charge in [0, 0.05) is 29.8 Å². The number of rotatable bonds is 10. The standard InChI is InChI=1S/C23H35N5O6S/c1-9-14(3)24-21(29)20-16(5)22(27(25-20)23(6,7)8)34-18-12-11-17(28(30)31)13-19(18)35(32,33)26-15(4)10-2/h11-15,26H,9-10H2,1-8H3,(H,24,29). The quantitative estimate of drug-likeness (QED) is 0.359. The zero-order valence-electron chi connectivity index (χ0n) is 21.5. The molecule has 1 aromatic carbocycles. The monoisotopic (exact) mass is 509 g/mol. The second kappa shape index (κ2) is 10.7. The first kappa shape index (κ1) is 28.2. The maximum Gasteiger partial charge on any atom is 0.272 e. The number of carbonyl (C=O) groups is 1. The lowest BCUT2D eigenvalue weighted by Crippen LogP contribution is -2.33. The van der Waals surface area contributed by atoms with Gasteiger partial charge in [0.25, 0.3) is 11.6 Å². The lowest BCUT2D eigenvalue weighted by molar-refractivity contribution is -0.385. The van der Waals surface area contributed by atoms with Crippen molar-refractivity contribution in [2.75, 3.05) is 0 Å². The Morgan fingerprint density at radius 2 is 1.80 bits per heavy atom. The molecule has 0 aliphatic carbocycles. The molecule has 0 aliphatic rings. The molecule has 11 nitrogen and oxygen atoms in total. The lowest BCUT2D eigenvalue weighted by Gasteiger charge is -2.23. The normalized spacial score (nSPS) is 13.8. The summed E-state index contributed by atoms with van der Waals surface area (Å²) in [6.07, 6.45) is 1.26. The van der Waals surface area contributed by atoms with Crippen molar-refractivity contribution in [3.8, 4) is 11.6 Å². The van der Waals surface area contributed by atoms with Crippen molar-refractivity contribution < 1.29 is 22.9 Å². The number of sulfonamides is 1. The molecule has 2 unspecified atom stereocenters. The van der Waals surface area contributed by atoms with Crippen LogP contribution in [0.3, 0.4) is 0 Å². The summed E-state index contributed by atoms with van der Waals surface area (Å²) in [4.78, 5) is 23.2. The number of ether oxygens (including phenoxy) is 1. The predicted octanol–water partition coefficient (Wildman–Crippen LogP) is 4.25. The van der Waals surface area contributed by atoms with E-state index in [-0.39, 0.29) is 34.2 Å². The summed E-state index contributed by atoms with van der Waals surface area (Å²) in [5, 5.41) is 18.7. The van der Waals surface area contributed by atoms with Gasteiger partial charge in [-0.3, -0.25) is 14.9 Å². The Morgan fingerprint density at radius 3 is 2.31 bits per heavy atom. The molecule has 1 heterocycles. The summed E-state index contributed by atoms with van der Waals surface area (Å²) in [7, 11) is -4.16. The number of nitrogens with zero attached hydrogens (tertiary/aromatic N) is 3. The van der Waals surface area contributed by atoms with Crippen LogP contribution in [-0.4, -0.2) is 41.1 Å². The molecule has 194 valence electrons. The van der Waals surface area contributed by atoms with Crippen LogP contribution in [0.4, 0.5) is 5.69 Å². The van der Waals surface area contributed by atoms with Crippen LogP contribution in [0, 0.1) is 17.0 Å². The fourth-order valence-corrected chi connectivity index (χ4v) is 4.56. The molecule has 0 fully saturated rings. The molecule has 2 rings (SSSR count). The first-order valence-corrected chi connectivity index (χ1v) is 13.0. The number of hydrogen-bond donors (Lipinski definition) is 2. The molecular formula is C23H35N5O6S. The zero-order chi connectivity index (χ0) is 26.7. The third-order valence-corrected chi connectivity index (χ3v) is 7.12. The molecule has 0 radical (unpaired) electrons. The predicted molar refractivity (Wildman–Crippen MR) is 132 cm³/mol. The van der Waals surface area contributed by atoms with E-state index in [0.717, 1.165) is 12.5 Å². The molecular weight excluding hydrogens is 474 g/mol. The van der Waals surface area contributed by atoms with Crippen LogP contribution >= 0.6 is 0 Å². The molecule has 0 saturated carbocycles. The molecule has 1 amide bonds. The number of hydrogen-bond acceptors (Lipinski definition) is 7. The summed E-state index contributed by atoms with van der Waals surface area (Å²) in [6.45, 7) is 14.6. The molecule has 0 spiro atoms. The number of amides is 1. The highest BCUT2D eigenvalue weighted by molar-refractivity contribution is 7.89. The number of benzene rings is 1. The number of aromatic nitrogens is 2. The van der Waals surface area contributed by atoms with Crippen molar-refractivity contribution >= 4 is 21.6 Å². The topological polar surface area (TPSA) is 145 Å². The summed E-state index contributed by atoms with van der Waals surface area (Å²) < 4.78 is 36.3. The average molecular weight is 510 g/mol. The maximum absolute atomic E-state index is 13.1. The first-order chi connectivity index (χ1) is 16.1. The van der Waals surface area contributed by atoms with Crippen molar-refractivity contribution in [2.24, 2.45) is 0 Å². The van der Waals surface area contributed by atoms with Crippen LogP contribution in [0.25, 0.3) is 0 Å². The number of nitro groups is 1. The Kier molecular flexibility index (Phi) is 8.66. The number of non-ortho nitro benzene ring substituents is 1. The van der Waals surface area contributed by atoms with Gasteiger partial charge in [0.1, 0.15) is 10.6 Å². The Bertz CT molecular complexity index is 1200. The lowest BCUT2D eigenvalue weighted by atomic mass is 10.1. The molecule has 2 N–H and O–H groups in total. The van der Waals surface area contributed by atoms with Gasteiger partial charge in [-0.25, -0.2) is 17.8 Å². The van der Waals surface area contributed by atoms with Gasteiger partial charge in [0.2, 0.25) is 15.9 Å². The van der Waals surface area contributed by atoms with Crippen LogP contribution in [-0.2, 0) is 15.6 Å². The van der Waals surface area contributed by atoms with Crippen LogP contribution in [0.5, 0.6) is 11.6 Å². The van der Waals surface area contributed by atoms with Crippen molar-refractivity contribution in [1.82, 2.24) is 19.8 Å². The van der Waals surface area contributed by atoms with E-state index in [1.54, 1.807) is 13.8 Å². The zero-order valence-corrected chi connectivity index (χ0v) is 22.3. The number of nitrogens with one attached hydrogen (secondary N) is 2. The van der Waals surface area contributed by atoms with Crippen molar-refractivity contribution in [1.29, 1.82) is 0 Å². The van der Waals surface area contributed by atoms with Crippen LogP contribution in [0.1, 0.15) is 77.4 Å². The van der Waals surface area contributed by atoms with Gasteiger partial charge in [-0.2, -0.15) is 5.10 Å². The smallest absolute Gasteiger partial charge is 0.272 e. The third kappa shape index (κ3) is 6.57. The summed E-state index contributed by atoms with van der Waals surface area (Å²) in [5.74, 6) is -0.325. The van der Waals surface area contributed by atoms with Gasteiger partial charge in [0.05, 0.1) is 10.5 Å². The van der Waals surface area contributed by atoms with E-state index in [1.165, 1.54) is 16.8 Å². The SMILES string of the molecule is CCC(C)NC(=O)c1nn(C(C)(C)C)c(Oc2ccc([N+](=O)[O-])cc2S(=O)(=O)NC(C)CC)c1C. The molecule has 2 aromatic rings. The van der Waals surface area contributed by atoms with E-state index in [4.69, 9.17) is 4.74 Å². The molecule has 0 bridgehead atoms. The minimum absolute atomic E-state index is 0.0656. The Balaban J connectivity index is 2.68. The second-order valence-corrected chi connectivity index (χ2v) is 11.2. The molecule has 12 heteroatoms. The summed E-state index contributed by atoms with van der Waals surface area (Å²) in [6, 6.07) is 2.90. The fraction of sp³-hybridized carbons (Fsp3) is 0.565. The van der Waals surface area contributed by atoms with Gasteiger partial charge < -0.3 is 10.1 Å². The van der Waals surface area contributed by atoms with Crippen molar-refractivity contribution in [3.63, 3.8) is 0 Å². The van der Waals surface area contributed by atoms with E-state index < -0.39 is 32.2 Å². The van der Waals surface area contributed by atoms with Gasteiger partial charge in [-0.15, -0.1) is 0 Å². The van der Waals surface area contributed by atoms with Crippen LogP contribution in [0.2, 0.25) is 0 Å². The minimum Gasteiger partial charge on any atom is -0.438 e. The number of nitro benzene ring substituents is 1. The van der Waals surface area contributed by atoms with Gasteiger partial charge in [-0.05, 0) is 60.5 Å². The largest absolute Gasteiger partial charge is 0.438 e. The van der Waals surface area contributed by atoms with Crippen molar-refractivity contribution in [2.45, 2.75) is 90.7 Å². The van der Waals surface area contributed by atoms with Crippen LogP contribution in [0.15, 0.2) is 23.1 Å². The van der Waals surface area contributed by atoms with E-state index in [9.17, 15) is 23.3 Å². The highest BCUT2D eigenvalue weighted by Gasteiger charge is 2.31. The Hall–Kier alpha value is -2.99. The minimum atomic E-state index is -4.16. The highest BCUT2D eigenvalue weighted by atomic mass is 32.2. The molecule has 0 aliphatic heterocycles. The van der Waals surface area contributed by atoms with E-state index in [2.05, 4.69) is 15.1 Å². The summed E-state index contributed by atoms with van der Waals surface area (Å²) in [5.41, 5.74) is -0.447. The fourth-order valence-electron chi connectivity index (χ4n) is 3.09. The van der Waals surface area contributed by atoms with E-state index in [0.29, 0.717) is 12.0 Å². The average Bonchev–Trinajstić information content (AvgIpc) is 3.09. The number of carbonyl (C=O) groups excluding carboxylic acids is 1. The van der Waals surface area contributed by atoms with Gasteiger partial charge >= 0.3 is 0 Å². The Labute approximate surface area is 206 Å². The second-order valence-electron chi connectivity index (χ2n) is 9.56. The van der Waals surface area contributed by atoms with E-state index >= 15 is 0 Å². The first-order valence-electron chi connectivity index (χ1n) is 11.5. The molecule has 0 saturated heterocycles. The van der Waals surface area contributed by atoms with Crippen molar-refractivity contribution in [3.05, 3.63) is 39.6 Å². The van der Waals surface area contributed by atoms with Gasteiger partial charge in [0.15, 0.2) is 5.69 Å². The highest BCUT2D eigenvalue weighted by Crippen LogP contribution is 2.36. The molecule has 35 heavy (non-hydrogen) atoms. The summed E-state index contributed by atoms with van der Waals surface area (Å²) >= 11 is 0. The third-order valence-electron chi connectivity index (χ3n) is 5.51. The van der Waals surface area contributed by atoms with Gasteiger partial charge in [-0.1, -0.05) is 13.8 Å². The van der Waals surface area contributed by atoms with Crippen LogP contribution < -0.4 is 14.8 Å². The molecule has 1 aromatic heterocycles. The Morgan fingerprint density at radius 1 is 1.20 bits per heavy atom.